The molecule has 0 bridgehead atoms. The van der Waals surface area contributed by atoms with Crippen LogP contribution in [0.5, 0.6) is 5.75 Å². The average Bonchev–Trinajstić information content (AvgIpc) is 2.38. The molecule has 19 heavy (non-hydrogen) atoms. The van der Waals surface area contributed by atoms with Crippen molar-refractivity contribution >= 4 is 17.5 Å². The van der Waals surface area contributed by atoms with Gasteiger partial charge in [-0.25, -0.2) is 0 Å². The fourth-order valence-corrected chi connectivity index (χ4v) is 1.52. The minimum absolute atomic E-state index is 0.0755. The van der Waals surface area contributed by atoms with Gasteiger partial charge in [0.2, 0.25) is 11.8 Å². The van der Waals surface area contributed by atoms with Crippen LogP contribution in [0, 0.1) is 0 Å². The fourth-order valence-electron chi connectivity index (χ4n) is 1.52. The number of hydrogen-bond acceptors (Lipinski definition) is 3. The second-order valence-corrected chi connectivity index (χ2v) is 4.30. The molecule has 1 atom stereocenters. The van der Waals surface area contributed by atoms with Crippen LogP contribution in [-0.4, -0.2) is 25.0 Å². The van der Waals surface area contributed by atoms with E-state index in [9.17, 15) is 9.59 Å². The molecule has 0 radical (unpaired) electrons. The second kappa shape index (κ2) is 7.41. The first-order valence-electron chi connectivity index (χ1n) is 6.29. The zero-order valence-electron chi connectivity index (χ0n) is 11.5. The van der Waals surface area contributed by atoms with E-state index >= 15 is 0 Å². The summed E-state index contributed by atoms with van der Waals surface area (Å²) in [6, 6.07) is 7.14. The molecule has 5 nitrogen and oxygen atoms in total. The van der Waals surface area contributed by atoms with Crippen molar-refractivity contribution in [1.29, 1.82) is 0 Å². The zero-order chi connectivity index (χ0) is 14.3. The quantitative estimate of drug-likeness (QED) is 0.772. The maximum absolute atomic E-state index is 11.7. The van der Waals surface area contributed by atoms with Gasteiger partial charge in [0.25, 0.3) is 0 Å². The normalized spacial score (nSPS) is 11.5. The number of hydrogen-bond donors (Lipinski definition) is 2. The van der Waals surface area contributed by atoms with E-state index in [1.54, 1.807) is 18.2 Å². The van der Waals surface area contributed by atoms with Gasteiger partial charge in [0.05, 0.1) is 12.8 Å². The molecule has 1 unspecified atom stereocenters. The van der Waals surface area contributed by atoms with Crippen LogP contribution in [-0.2, 0) is 9.59 Å². The van der Waals surface area contributed by atoms with Crippen LogP contribution in [0.25, 0.3) is 0 Å². The number of methoxy groups -OCH3 is 1. The molecular weight excluding hydrogens is 244 g/mol. The third kappa shape index (κ3) is 4.99. The molecule has 0 spiro atoms. The van der Waals surface area contributed by atoms with Gasteiger partial charge >= 0.3 is 0 Å². The summed E-state index contributed by atoms with van der Waals surface area (Å²) in [5.74, 6) is -0.0646. The molecular formula is C14H20N2O3. The first-order chi connectivity index (χ1) is 9.06. The molecule has 1 rings (SSSR count). The van der Waals surface area contributed by atoms with Gasteiger partial charge in [0.1, 0.15) is 12.2 Å². The van der Waals surface area contributed by atoms with E-state index in [4.69, 9.17) is 4.74 Å². The Labute approximate surface area is 113 Å². The van der Waals surface area contributed by atoms with Gasteiger partial charge in [0, 0.05) is 6.04 Å². The molecule has 0 saturated heterocycles. The van der Waals surface area contributed by atoms with Gasteiger partial charge < -0.3 is 15.4 Å². The van der Waals surface area contributed by atoms with Crippen LogP contribution in [0.4, 0.5) is 5.69 Å². The minimum Gasteiger partial charge on any atom is -0.495 e. The number of ether oxygens (including phenoxy) is 1. The molecule has 0 aliphatic rings. The predicted octanol–water partition coefficient (Wildman–Crippen LogP) is 1.94. The number of para-hydroxylation sites is 2. The van der Waals surface area contributed by atoms with Crippen molar-refractivity contribution in [2.75, 3.05) is 12.4 Å². The smallest absolute Gasteiger partial charge is 0.233 e. The number of carbonyl (C=O) groups excluding carboxylic acids is 2. The van der Waals surface area contributed by atoms with Gasteiger partial charge in [-0.15, -0.1) is 0 Å². The molecule has 0 saturated carbocycles. The molecule has 5 heteroatoms. The van der Waals surface area contributed by atoms with E-state index in [0.717, 1.165) is 6.42 Å². The van der Waals surface area contributed by atoms with E-state index in [0.29, 0.717) is 11.4 Å². The molecule has 0 aliphatic carbocycles. The molecule has 1 aromatic carbocycles. The van der Waals surface area contributed by atoms with Crippen molar-refractivity contribution in [2.24, 2.45) is 0 Å². The number of anilines is 1. The van der Waals surface area contributed by atoms with Crippen LogP contribution < -0.4 is 15.4 Å². The second-order valence-electron chi connectivity index (χ2n) is 4.30. The Hall–Kier alpha value is -2.04. The van der Waals surface area contributed by atoms with Crippen LogP contribution in [0.3, 0.4) is 0 Å². The van der Waals surface area contributed by atoms with Gasteiger partial charge in [-0.3, -0.25) is 9.59 Å². The lowest BCUT2D eigenvalue weighted by Crippen LogP contribution is -2.34. The highest BCUT2D eigenvalue weighted by Crippen LogP contribution is 2.22. The summed E-state index contributed by atoms with van der Waals surface area (Å²) in [7, 11) is 1.53. The lowest BCUT2D eigenvalue weighted by atomic mass is 10.2. The Morgan fingerprint density at radius 2 is 1.95 bits per heavy atom. The summed E-state index contributed by atoms with van der Waals surface area (Å²) in [5.41, 5.74) is 0.561. The summed E-state index contributed by atoms with van der Waals surface area (Å²) in [6.07, 6.45) is 0.641. The molecule has 0 heterocycles. The largest absolute Gasteiger partial charge is 0.495 e. The Balaban J connectivity index is 2.53. The Morgan fingerprint density at radius 1 is 1.26 bits per heavy atom. The zero-order valence-corrected chi connectivity index (χ0v) is 11.5. The van der Waals surface area contributed by atoms with Crippen LogP contribution in [0.15, 0.2) is 24.3 Å². The molecule has 0 fully saturated rings. The van der Waals surface area contributed by atoms with Gasteiger partial charge in [-0.2, -0.15) is 0 Å². The Bertz CT molecular complexity index is 446. The SMILES string of the molecule is CCC(C)NC(=O)CC(=O)Nc1ccccc1OC. The van der Waals surface area contributed by atoms with Crippen molar-refractivity contribution in [3.05, 3.63) is 24.3 Å². The van der Waals surface area contributed by atoms with Crippen molar-refractivity contribution in [1.82, 2.24) is 5.32 Å². The summed E-state index contributed by atoms with van der Waals surface area (Å²) in [6.45, 7) is 3.87. The van der Waals surface area contributed by atoms with Crippen LogP contribution >= 0.6 is 0 Å². The highest BCUT2D eigenvalue weighted by atomic mass is 16.5. The lowest BCUT2D eigenvalue weighted by Gasteiger charge is -2.12. The molecule has 2 N–H and O–H groups in total. The number of amides is 2. The summed E-state index contributed by atoms with van der Waals surface area (Å²) >= 11 is 0. The number of rotatable bonds is 6. The van der Waals surface area contributed by atoms with Gasteiger partial charge in [-0.05, 0) is 25.5 Å². The third-order valence-corrected chi connectivity index (χ3v) is 2.72. The average molecular weight is 264 g/mol. The maximum Gasteiger partial charge on any atom is 0.233 e. The summed E-state index contributed by atoms with van der Waals surface area (Å²) in [5, 5.41) is 5.40. The van der Waals surface area contributed by atoms with E-state index in [1.165, 1.54) is 7.11 Å². The Morgan fingerprint density at radius 3 is 2.58 bits per heavy atom. The van der Waals surface area contributed by atoms with Crippen LogP contribution in [0.2, 0.25) is 0 Å². The van der Waals surface area contributed by atoms with Crippen molar-refractivity contribution < 1.29 is 14.3 Å². The topological polar surface area (TPSA) is 67.4 Å². The number of benzene rings is 1. The molecule has 104 valence electrons. The van der Waals surface area contributed by atoms with E-state index in [-0.39, 0.29) is 24.3 Å². The molecule has 1 aromatic rings. The first kappa shape index (κ1) is 15.0. The number of carbonyl (C=O) groups is 2. The van der Waals surface area contributed by atoms with Crippen molar-refractivity contribution in [3.8, 4) is 5.75 Å². The molecule has 0 aromatic heterocycles. The van der Waals surface area contributed by atoms with E-state index in [2.05, 4.69) is 10.6 Å². The van der Waals surface area contributed by atoms with E-state index in [1.807, 2.05) is 19.9 Å². The summed E-state index contributed by atoms with van der Waals surface area (Å²) < 4.78 is 5.12. The monoisotopic (exact) mass is 264 g/mol. The lowest BCUT2D eigenvalue weighted by molar-refractivity contribution is -0.127. The van der Waals surface area contributed by atoms with Crippen molar-refractivity contribution in [2.45, 2.75) is 32.7 Å². The van der Waals surface area contributed by atoms with Crippen LogP contribution in [0.1, 0.15) is 26.7 Å². The fraction of sp³-hybridized carbons (Fsp3) is 0.429. The number of nitrogens with one attached hydrogen (secondary N) is 2. The highest BCUT2D eigenvalue weighted by molar-refractivity contribution is 6.04. The third-order valence-electron chi connectivity index (χ3n) is 2.72. The van der Waals surface area contributed by atoms with Gasteiger partial charge in [0.15, 0.2) is 0 Å². The summed E-state index contributed by atoms with van der Waals surface area (Å²) in [4.78, 5) is 23.3. The minimum atomic E-state index is -0.356. The Kier molecular flexibility index (Phi) is 5.85. The van der Waals surface area contributed by atoms with Gasteiger partial charge in [-0.1, -0.05) is 19.1 Å². The molecule has 2 amide bonds. The predicted molar refractivity (Wildman–Crippen MR) is 74.1 cm³/mol. The maximum atomic E-state index is 11.7. The molecule has 0 aliphatic heterocycles. The van der Waals surface area contributed by atoms with Crippen molar-refractivity contribution in [3.63, 3.8) is 0 Å². The highest BCUT2D eigenvalue weighted by Gasteiger charge is 2.12. The standard InChI is InChI=1S/C14H20N2O3/c1-4-10(2)15-13(17)9-14(18)16-11-7-5-6-8-12(11)19-3/h5-8,10H,4,9H2,1-3H3,(H,15,17)(H,16,18). The van der Waals surface area contributed by atoms with E-state index < -0.39 is 0 Å². The first-order valence-corrected chi connectivity index (χ1v) is 6.29.